The van der Waals surface area contributed by atoms with Crippen molar-refractivity contribution in [2.45, 2.75) is 115 Å². The number of aliphatic imine (C=N–C) groups is 1. The Bertz CT molecular complexity index is 1640. The number of amides is 4. The Morgan fingerprint density at radius 2 is 1.38 bits per heavy atom. The van der Waals surface area contributed by atoms with Gasteiger partial charge in [-0.15, -0.1) is 0 Å². The van der Waals surface area contributed by atoms with Gasteiger partial charge in [0.25, 0.3) is 0 Å². The molecule has 1 unspecified atom stereocenters. The SMILES string of the molecule is CC(CCC(=O)N1CCC2(CCN(C(=O)CCN=C(N)N)CC2)CC1)NS(=O)(=O)c1ccccc1.CCN1C(=O)CC2(CCN(CCC3CCNCC3)CC2)CC1=O. The Labute approximate surface area is 346 Å². The van der Waals surface area contributed by atoms with E-state index in [1.165, 1.54) is 43.8 Å². The van der Waals surface area contributed by atoms with Crippen molar-refractivity contribution in [1.29, 1.82) is 0 Å². The number of nitrogens with zero attached hydrogens (tertiary/aromatic N) is 5. The van der Waals surface area contributed by atoms with Crippen LogP contribution in [0.15, 0.2) is 40.2 Å². The van der Waals surface area contributed by atoms with Crippen molar-refractivity contribution in [1.82, 2.24) is 29.6 Å². The third-order valence-electron chi connectivity index (χ3n) is 13.4. The largest absolute Gasteiger partial charge is 0.370 e. The number of rotatable bonds is 13. The standard InChI is InChI=1S/C24H38N6O4S.C18H31N3O2/c1-19(28-35(33,34)20-5-3-2-4-6-20)7-8-21(31)29-15-10-24(11-16-29)12-17-30(18-13-24)22(32)9-14-27-23(25)26;1-2-21-16(22)13-18(14-17(21)23)6-11-20(12-7-18)10-5-15-3-8-19-9-4-15/h2-6,19,28H,7-18H2,1H3,(H4,25,26,27);15,19H,2-14H2,1H3. The number of carbonyl (C=O) groups excluding carboxylic acids is 4. The molecule has 0 bridgehead atoms. The zero-order valence-electron chi connectivity index (χ0n) is 35.0. The number of piperidine rings is 5. The predicted molar refractivity (Wildman–Crippen MR) is 225 cm³/mol. The molecule has 1 aromatic carbocycles. The number of nitrogens with one attached hydrogen (secondary N) is 2. The van der Waals surface area contributed by atoms with E-state index in [4.69, 9.17) is 11.5 Å². The highest BCUT2D eigenvalue weighted by Gasteiger charge is 2.45. The molecule has 5 aliphatic heterocycles. The molecule has 6 rings (SSSR count). The molecule has 5 aliphatic rings. The third-order valence-corrected chi connectivity index (χ3v) is 15.0. The van der Waals surface area contributed by atoms with Gasteiger partial charge in [-0.2, -0.15) is 0 Å². The maximum absolute atomic E-state index is 12.8. The topological polar surface area (TPSA) is 204 Å². The number of nitrogens with two attached hydrogens (primary N) is 2. The van der Waals surface area contributed by atoms with E-state index in [1.807, 2.05) is 16.7 Å². The Morgan fingerprint density at radius 3 is 1.91 bits per heavy atom. The summed E-state index contributed by atoms with van der Waals surface area (Å²) in [7, 11) is -3.59. The van der Waals surface area contributed by atoms with E-state index < -0.39 is 10.0 Å². The second-order valence-electron chi connectivity index (χ2n) is 17.4. The summed E-state index contributed by atoms with van der Waals surface area (Å²) in [6.45, 7) is 13.0. The van der Waals surface area contributed by atoms with Crippen molar-refractivity contribution in [3.05, 3.63) is 30.3 Å². The minimum Gasteiger partial charge on any atom is -0.370 e. The lowest BCUT2D eigenvalue weighted by Crippen LogP contribution is -2.51. The van der Waals surface area contributed by atoms with Crippen LogP contribution in [-0.4, -0.2) is 136 Å². The Hall–Kier alpha value is -3.60. The van der Waals surface area contributed by atoms with Crippen molar-refractivity contribution >= 4 is 39.6 Å². The summed E-state index contributed by atoms with van der Waals surface area (Å²) in [5, 5.41) is 3.43. The summed E-state index contributed by atoms with van der Waals surface area (Å²) in [4.78, 5) is 61.4. The molecule has 2 spiro atoms. The number of likely N-dealkylation sites (tertiary alicyclic amines) is 4. The van der Waals surface area contributed by atoms with Crippen LogP contribution in [0.2, 0.25) is 0 Å². The first-order chi connectivity index (χ1) is 27.7. The van der Waals surface area contributed by atoms with Crippen LogP contribution in [0.4, 0.5) is 0 Å². The van der Waals surface area contributed by atoms with Gasteiger partial charge in [0, 0.05) is 64.4 Å². The molecule has 1 atom stereocenters. The van der Waals surface area contributed by atoms with Gasteiger partial charge >= 0.3 is 0 Å². The van der Waals surface area contributed by atoms with E-state index in [0.29, 0.717) is 58.3 Å². The minimum atomic E-state index is -3.59. The van der Waals surface area contributed by atoms with Crippen LogP contribution in [-0.2, 0) is 29.2 Å². The molecule has 5 saturated heterocycles. The van der Waals surface area contributed by atoms with E-state index in [-0.39, 0.29) is 51.4 Å². The Balaban J connectivity index is 0.000000240. The average Bonchev–Trinajstić information content (AvgIpc) is 3.21. The summed E-state index contributed by atoms with van der Waals surface area (Å²) in [6, 6.07) is 7.90. The molecule has 324 valence electrons. The highest BCUT2D eigenvalue weighted by atomic mass is 32.2. The number of hydrogen-bond donors (Lipinski definition) is 4. The predicted octanol–water partition coefficient (Wildman–Crippen LogP) is 2.66. The Kier molecular flexibility index (Phi) is 16.5. The number of guanidine groups is 1. The van der Waals surface area contributed by atoms with Gasteiger partial charge in [0.15, 0.2) is 5.96 Å². The van der Waals surface area contributed by atoms with Crippen molar-refractivity contribution in [3.63, 3.8) is 0 Å². The minimum absolute atomic E-state index is 0.000332. The number of imide groups is 1. The fraction of sp³-hybridized carbons (Fsp3) is 0.738. The first-order valence-corrected chi connectivity index (χ1v) is 23.1. The van der Waals surface area contributed by atoms with Crippen LogP contribution >= 0.6 is 0 Å². The normalized spacial score (nSPS) is 22.0. The number of sulfonamides is 1. The highest BCUT2D eigenvalue weighted by Crippen LogP contribution is 2.43. The van der Waals surface area contributed by atoms with Crippen molar-refractivity contribution in [2.75, 3.05) is 72.0 Å². The van der Waals surface area contributed by atoms with Crippen LogP contribution in [0.3, 0.4) is 0 Å². The number of hydrogen-bond acceptors (Lipinski definition) is 9. The van der Waals surface area contributed by atoms with Gasteiger partial charge in [-0.05, 0) is 140 Å². The maximum Gasteiger partial charge on any atom is 0.240 e. The summed E-state index contributed by atoms with van der Waals surface area (Å²) in [5.74, 6) is 1.12. The summed E-state index contributed by atoms with van der Waals surface area (Å²) in [6.07, 6.45) is 11.9. The average molecular weight is 828 g/mol. The molecule has 15 nitrogen and oxygen atoms in total. The van der Waals surface area contributed by atoms with Gasteiger partial charge in [0.2, 0.25) is 33.7 Å². The van der Waals surface area contributed by atoms with Gasteiger partial charge in [-0.1, -0.05) is 18.2 Å². The molecular formula is C42H69N9O6S. The zero-order chi connectivity index (χ0) is 41.8. The lowest BCUT2D eigenvalue weighted by Gasteiger charge is -2.47. The second kappa shape index (κ2) is 21.1. The van der Waals surface area contributed by atoms with Gasteiger partial charge in [-0.3, -0.25) is 29.1 Å². The van der Waals surface area contributed by atoms with E-state index in [9.17, 15) is 27.6 Å². The molecule has 0 aromatic heterocycles. The molecule has 5 fully saturated rings. The molecular weight excluding hydrogens is 759 g/mol. The third kappa shape index (κ3) is 12.9. The van der Waals surface area contributed by atoms with Gasteiger partial charge < -0.3 is 31.5 Å². The summed E-state index contributed by atoms with van der Waals surface area (Å²) < 4.78 is 27.6. The molecule has 58 heavy (non-hydrogen) atoms. The molecule has 4 amide bonds. The van der Waals surface area contributed by atoms with E-state index in [1.54, 1.807) is 37.3 Å². The molecule has 16 heteroatoms. The summed E-state index contributed by atoms with van der Waals surface area (Å²) >= 11 is 0. The van der Waals surface area contributed by atoms with Gasteiger partial charge in [-0.25, -0.2) is 13.1 Å². The number of carbonyl (C=O) groups is 4. The maximum atomic E-state index is 12.8. The van der Waals surface area contributed by atoms with Crippen LogP contribution in [0.5, 0.6) is 0 Å². The monoisotopic (exact) mass is 828 g/mol. The molecule has 6 N–H and O–H groups in total. The highest BCUT2D eigenvalue weighted by molar-refractivity contribution is 7.89. The quantitative estimate of drug-likeness (QED) is 0.130. The summed E-state index contributed by atoms with van der Waals surface area (Å²) in [5.41, 5.74) is 10.8. The number of benzene rings is 1. The van der Waals surface area contributed by atoms with Crippen LogP contribution in [0, 0.1) is 16.7 Å². The van der Waals surface area contributed by atoms with Crippen molar-refractivity contribution in [3.8, 4) is 0 Å². The molecule has 1 aromatic rings. The van der Waals surface area contributed by atoms with Gasteiger partial charge in [0.1, 0.15) is 0 Å². The molecule has 0 aliphatic carbocycles. The second-order valence-corrected chi connectivity index (χ2v) is 19.1. The Morgan fingerprint density at radius 1 is 0.845 bits per heavy atom. The first kappa shape index (κ1) is 45.5. The van der Waals surface area contributed by atoms with Crippen molar-refractivity contribution in [2.24, 2.45) is 33.2 Å². The van der Waals surface area contributed by atoms with E-state index >= 15 is 0 Å². The van der Waals surface area contributed by atoms with E-state index in [2.05, 4.69) is 19.9 Å². The van der Waals surface area contributed by atoms with Crippen LogP contribution < -0.4 is 21.5 Å². The van der Waals surface area contributed by atoms with Crippen LogP contribution in [0.1, 0.15) is 104 Å². The van der Waals surface area contributed by atoms with Crippen molar-refractivity contribution < 1.29 is 27.6 Å². The zero-order valence-corrected chi connectivity index (χ0v) is 35.8. The molecule has 0 radical (unpaired) electrons. The van der Waals surface area contributed by atoms with E-state index in [0.717, 1.165) is 70.6 Å². The van der Waals surface area contributed by atoms with Crippen LogP contribution in [0.25, 0.3) is 0 Å². The smallest absolute Gasteiger partial charge is 0.240 e. The lowest BCUT2D eigenvalue weighted by molar-refractivity contribution is -0.155. The molecule has 5 heterocycles. The lowest BCUT2D eigenvalue weighted by atomic mass is 9.70. The molecule has 0 saturated carbocycles. The fourth-order valence-corrected chi connectivity index (χ4v) is 10.7. The van der Waals surface area contributed by atoms with Gasteiger partial charge in [0.05, 0.1) is 11.4 Å². The first-order valence-electron chi connectivity index (χ1n) is 21.7. The fourth-order valence-electron chi connectivity index (χ4n) is 9.42.